The van der Waals surface area contributed by atoms with Crippen LogP contribution in [0.2, 0.25) is 5.02 Å². The number of nitrogens with zero attached hydrogens (tertiary/aromatic N) is 3. The highest BCUT2D eigenvalue weighted by molar-refractivity contribution is 6.33. The lowest BCUT2D eigenvalue weighted by molar-refractivity contribution is 0.0724. The van der Waals surface area contributed by atoms with Crippen molar-refractivity contribution in [1.82, 2.24) is 9.88 Å². The van der Waals surface area contributed by atoms with E-state index in [9.17, 15) is 4.79 Å². The quantitative estimate of drug-likeness (QED) is 0.863. The lowest BCUT2D eigenvalue weighted by atomic mass is 10.1. The molecular formula is C21H25ClN4O. The maximum Gasteiger partial charge on any atom is 0.255 e. The highest BCUT2D eigenvalue weighted by Gasteiger charge is 2.26. The average molecular weight is 385 g/mol. The third-order valence-corrected chi connectivity index (χ3v) is 5.62. The second-order valence-electron chi connectivity index (χ2n) is 7.32. The molecule has 2 saturated heterocycles. The fourth-order valence-corrected chi connectivity index (χ4v) is 4.19. The molecule has 1 amide bonds. The number of benzene rings is 1. The molecule has 1 aromatic carbocycles. The molecule has 1 atom stereocenters. The molecule has 5 nitrogen and oxygen atoms in total. The monoisotopic (exact) mass is 384 g/mol. The van der Waals surface area contributed by atoms with E-state index in [1.165, 1.54) is 6.42 Å². The second-order valence-corrected chi connectivity index (χ2v) is 7.73. The number of hydrogen-bond acceptors (Lipinski definition) is 4. The van der Waals surface area contributed by atoms with Gasteiger partial charge in [-0.25, -0.2) is 4.98 Å². The summed E-state index contributed by atoms with van der Waals surface area (Å²) in [5, 5.41) is 4.11. The van der Waals surface area contributed by atoms with E-state index in [4.69, 9.17) is 11.6 Å². The van der Waals surface area contributed by atoms with Crippen molar-refractivity contribution in [2.75, 3.05) is 36.4 Å². The first kappa shape index (κ1) is 18.1. The largest absolute Gasteiger partial charge is 0.380 e. The van der Waals surface area contributed by atoms with Gasteiger partial charge in [-0.1, -0.05) is 29.8 Å². The van der Waals surface area contributed by atoms with Crippen LogP contribution in [0.3, 0.4) is 0 Å². The Labute approximate surface area is 165 Å². The molecule has 1 unspecified atom stereocenters. The predicted octanol–water partition coefficient (Wildman–Crippen LogP) is 4.05. The van der Waals surface area contributed by atoms with Gasteiger partial charge in [0.15, 0.2) is 0 Å². The normalized spacial score (nSPS) is 20.0. The van der Waals surface area contributed by atoms with Gasteiger partial charge in [-0.05, 0) is 43.9 Å². The SMILES string of the molecule is O=C(c1cnc(N2CCC(Nc3ccccc3)C2)c(Cl)c1)N1CCCCC1. The van der Waals surface area contributed by atoms with Crippen LogP contribution in [-0.2, 0) is 0 Å². The number of carbonyl (C=O) groups is 1. The summed E-state index contributed by atoms with van der Waals surface area (Å²) >= 11 is 6.51. The molecule has 1 N–H and O–H groups in total. The topological polar surface area (TPSA) is 48.5 Å². The van der Waals surface area contributed by atoms with Gasteiger partial charge in [0.25, 0.3) is 5.91 Å². The van der Waals surface area contributed by atoms with E-state index in [-0.39, 0.29) is 5.91 Å². The fraction of sp³-hybridized carbons (Fsp3) is 0.429. The van der Waals surface area contributed by atoms with Gasteiger partial charge in [-0.15, -0.1) is 0 Å². The van der Waals surface area contributed by atoms with Gasteiger partial charge in [-0.3, -0.25) is 4.79 Å². The fourth-order valence-electron chi connectivity index (χ4n) is 3.90. The van der Waals surface area contributed by atoms with Crippen molar-refractivity contribution >= 4 is 29.0 Å². The lowest BCUT2D eigenvalue weighted by Gasteiger charge is -2.27. The zero-order chi connectivity index (χ0) is 18.6. The van der Waals surface area contributed by atoms with Gasteiger partial charge in [-0.2, -0.15) is 0 Å². The van der Waals surface area contributed by atoms with Crippen molar-refractivity contribution in [3.63, 3.8) is 0 Å². The number of para-hydroxylation sites is 1. The van der Waals surface area contributed by atoms with Crippen LogP contribution in [0.4, 0.5) is 11.5 Å². The Morgan fingerprint density at radius 3 is 2.63 bits per heavy atom. The lowest BCUT2D eigenvalue weighted by Crippen LogP contribution is -2.35. The molecule has 0 radical (unpaired) electrons. The Bertz CT molecular complexity index is 792. The van der Waals surface area contributed by atoms with Gasteiger partial charge in [0.1, 0.15) is 5.82 Å². The number of carbonyl (C=O) groups excluding carboxylic acids is 1. The third kappa shape index (κ3) is 4.19. The minimum atomic E-state index is 0.0423. The first-order valence-corrected chi connectivity index (χ1v) is 10.1. The number of piperidine rings is 1. The van der Waals surface area contributed by atoms with Crippen molar-refractivity contribution in [3.8, 4) is 0 Å². The molecule has 3 heterocycles. The summed E-state index contributed by atoms with van der Waals surface area (Å²) in [6.07, 6.45) is 6.06. The Kier molecular flexibility index (Phi) is 5.48. The Morgan fingerprint density at radius 1 is 1.11 bits per heavy atom. The second kappa shape index (κ2) is 8.17. The van der Waals surface area contributed by atoms with E-state index in [1.807, 2.05) is 23.1 Å². The van der Waals surface area contributed by atoms with Crippen molar-refractivity contribution < 1.29 is 4.79 Å². The number of rotatable bonds is 4. The minimum absolute atomic E-state index is 0.0423. The molecule has 2 aliphatic heterocycles. The Morgan fingerprint density at radius 2 is 1.89 bits per heavy atom. The van der Waals surface area contributed by atoms with E-state index in [0.29, 0.717) is 16.6 Å². The van der Waals surface area contributed by atoms with Gasteiger partial charge in [0, 0.05) is 44.1 Å². The number of pyridine rings is 1. The number of aromatic nitrogens is 1. The van der Waals surface area contributed by atoms with Crippen LogP contribution < -0.4 is 10.2 Å². The van der Waals surface area contributed by atoms with Crippen molar-refractivity contribution in [1.29, 1.82) is 0 Å². The number of anilines is 2. The van der Waals surface area contributed by atoms with Gasteiger partial charge >= 0.3 is 0 Å². The maximum absolute atomic E-state index is 12.6. The van der Waals surface area contributed by atoms with Crippen LogP contribution >= 0.6 is 11.6 Å². The van der Waals surface area contributed by atoms with Crippen LogP contribution in [0.15, 0.2) is 42.6 Å². The summed E-state index contributed by atoms with van der Waals surface area (Å²) < 4.78 is 0. The van der Waals surface area contributed by atoms with Crippen LogP contribution in [0, 0.1) is 0 Å². The molecule has 6 heteroatoms. The summed E-state index contributed by atoms with van der Waals surface area (Å²) in [6.45, 7) is 3.41. The molecule has 0 bridgehead atoms. The van der Waals surface area contributed by atoms with E-state index < -0.39 is 0 Å². The first-order chi connectivity index (χ1) is 13.2. The Hall–Kier alpha value is -2.27. The molecule has 2 aliphatic rings. The van der Waals surface area contributed by atoms with E-state index >= 15 is 0 Å². The number of likely N-dealkylation sites (tertiary alicyclic amines) is 1. The molecule has 2 aromatic rings. The number of amides is 1. The van der Waals surface area contributed by atoms with Crippen molar-refractivity contribution in [3.05, 3.63) is 53.2 Å². The van der Waals surface area contributed by atoms with Crippen LogP contribution in [-0.4, -0.2) is 48.0 Å². The third-order valence-electron chi connectivity index (χ3n) is 5.34. The van der Waals surface area contributed by atoms with Gasteiger partial charge in [0.05, 0.1) is 10.6 Å². The zero-order valence-electron chi connectivity index (χ0n) is 15.4. The highest BCUT2D eigenvalue weighted by atomic mass is 35.5. The smallest absolute Gasteiger partial charge is 0.255 e. The van der Waals surface area contributed by atoms with Crippen LogP contribution in [0.5, 0.6) is 0 Å². The van der Waals surface area contributed by atoms with Crippen molar-refractivity contribution in [2.45, 2.75) is 31.7 Å². The summed E-state index contributed by atoms with van der Waals surface area (Å²) in [5.74, 6) is 0.810. The van der Waals surface area contributed by atoms with Crippen LogP contribution in [0.25, 0.3) is 0 Å². The molecule has 0 saturated carbocycles. The molecule has 27 heavy (non-hydrogen) atoms. The van der Waals surface area contributed by atoms with Crippen molar-refractivity contribution in [2.24, 2.45) is 0 Å². The summed E-state index contributed by atoms with van der Waals surface area (Å²) in [4.78, 5) is 21.3. The molecule has 1 aromatic heterocycles. The first-order valence-electron chi connectivity index (χ1n) is 9.72. The highest BCUT2D eigenvalue weighted by Crippen LogP contribution is 2.28. The summed E-state index contributed by atoms with van der Waals surface area (Å²) in [7, 11) is 0. The number of hydrogen-bond donors (Lipinski definition) is 1. The minimum Gasteiger partial charge on any atom is -0.380 e. The molecule has 0 aliphatic carbocycles. The molecule has 142 valence electrons. The Balaban J connectivity index is 1.41. The molecular weight excluding hydrogens is 360 g/mol. The van der Waals surface area contributed by atoms with Gasteiger partial charge in [0.2, 0.25) is 0 Å². The predicted molar refractivity (Wildman–Crippen MR) is 110 cm³/mol. The standard InChI is InChI=1S/C21H25ClN4O/c22-19-13-16(21(27)25-10-5-2-6-11-25)14-23-20(19)26-12-9-18(15-26)24-17-7-3-1-4-8-17/h1,3-4,7-8,13-14,18,24H,2,5-6,9-12,15H2. The zero-order valence-corrected chi connectivity index (χ0v) is 16.2. The van der Waals surface area contributed by atoms with Gasteiger partial charge < -0.3 is 15.1 Å². The molecule has 2 fully saturated rings. The molecule has 0 spiro atoms. The van der Waals surface area contributed by atoms with E-state index in [0.717, 1.165) is 56.9 Å². The number of halogens is 1. The summed E-state index contributed by atoms with van der Waals surface area (Å²) in [5.41, 5.74) is 1.72. The molecule has 4 rings (SSSR count). The summed E-state index contributed by atoms with van der Waals surface area (Å²) in [6, 6.07) is 12.4. The maximum atomic E-state index is 12.6. The number of nitrogens with one attached hydrogen (secondary N) is 1. The van der Waals surface area contributed by atoms with E-state index in [1.54, 1.807) is 12.3 Å². The van der Waals surface area contributed by atoms with Crippen LogP contribution in [0.1, 0.15) is 36.0 Å². The van der Waals surface area contributed by atoms with E-state index in [2.05, 4.69) is 27.3 Å². The average Bonchev–Trinajstić information content (AvgIpc) is 3.17.